The van der Waals surface area contributed by atoms with Crippen molar-refractivity contribution in [1.82, 2.24) is 0 Å². The third-order valence-electron chi connectivity index (χ3n) is 1.94. The number of hydrogen-bond acceptors (Lipinski definition) is 2. The average Bonchev–Trinajstić information content (AvgIpc) is 2.11. The van der Waals surface area contributed by atoms with E-state index in [0.717, 1.165) is 5.56 Å². The van der Waals surface area contributed by atoms with E-state index in [-0.39, 0.29) is 5.78 Å². The van der Waals surface area contributed by atoms with Gasteiger partial charge in [-0.05, 0) is 31.2 Å². The lowest BCUT2D eigenvalue weighted by Gasteiger charge is -2.05. The van der Waals surface area contributed by atoms with Crippen LogP contribution in [0.5, 0.6) is 0 Å². The minimum absolute atomic E-state index is 0.00330. The van der Waals surface area contributed by atoms with Gasteiger partial charge in [-0.3, -0.25) is 4.79 Å². The number of carbonyl (C=O) groups is 1. The van der Waals surface area contributed by atoms with E-state index in [1.165, 1.54) is 0 Å². The Bertz CT molecular complexity index is 363. The van der Waals surface area contributed by atoms with E-state index in [4.69, 9.17) is 28.9 Å². The van der Waals surface area contributed by atoms with Gasteiger partial charge in [0.15, 0.2) is 5.78 Å². The molecule has 2 N–H and O–H groups in total. The summed E-state index contributed by atoms with van der Waals surface area (Å²) < 4.78 is 0. The van der Waals surface area contributed by atoms with E-state index in [0.29, 0.717) is 28.6 Å². The van der Waals surface area contributed by atoms with Gasteiger partial charge in [0.25, 0.3) is 0 Å². The van der Waals surface area contributed by atoms with Gasteiger partial charge in [-0.25, -0.2) is 0 Å². The van der Waals surface area contributed by atoms with Crippen molar-refractivity contribution in [3.05, 3.63) is 33.3 Å². The highest BCUT2D eigenvalue weighted by Gasteiger charge is 2.10. The van der Waals surface area contributed by atoms with Crippen LogP contribution < -0.4 is 5.73 Å². The zero-order valence-corrected chi connectivity index (χ0v) is 9.32. The van der Waals surface area contributed by atoms with Crippen LogP contribution in [0.4, 0.5) is 0 Å². The van der Waals surface area contributed by atoms with Crippen molar-refractivity contribution in [1.29, 1.82) is 0 Å². The molecule has 14 heavy (non-hydrogen) atoms. The van der Waals surface area contributed by atoms with Crippen molar-refractivity contribution in [2.75, 3.05) is 6.54 Å². The minimum atomic E-state index is 0.00330. The molecule has 0 aromatic heterocycles. The summed E-state index contributed by atoms with van der Waals surface area (Å²) in [7, 11) is 0. The molecule has 76 valence electrons. The standard InChI is InChI=1S/C10H11Cl2NO/c1-6-4-8(11)9(12)5-7(6)10(14)2-3-13/h4-5H,2-3,13H2,1H3. The third-order valence-corrected chi connectivity index (χ3v) is 2.66. The number of nitrogens with two attached hydrogens (primary N) is 1. The Kier molecular flexibility index (Phi) is 3.93. The van der Waals surface area contributed by atoms with Crippen LogP contribution >= 0.6 is 23.2 Å². The second-order valence-corrected chi connectivity index (χ2v) is 3.86. The molecule has 1 rings (SSSR count). The molecule has 0 unspecified atom stereocenters. The molecule has 0 heterocycles. The summed E-state index contributed by atoms with van der Waals surface area (Å²) in [6, 6.07) is 3.28. The maximum absolute atomic E-state index is 11.5. The van der Waals surface area contributed by atoms with Crippen LogP contribution in [0.15, 0.2) is 12.1 Å². The SMILES string of the molecule is Cc1cc(Cl)c(Cl)cc1C(=O)CCN. The van der Waals surface area contributed by atoms with Crippen LogP contribution in [0.1, 0.15) is 22.3 Å². The summed E-state index contributed by atoms with van der Waals surface area (Å²) >= 11 is 11.6. The molecule has 0 spiro atoms. The summed E-state index contributed by atoms with van der Waals surface area (Å²) in [5, 5.41) is 0.867. The van der Waals surface area contributed by atoms with E-state index in [1.807, 2.05) is 6.92 Å². The maximum atomic E-state index is 11.5. The van der Waals surface area contributed by atoms with Crippen molar-refractivity contribution in [2.45, 2.75) is 13.3 Å². The highest BCUT2D eigenvalue weighted by Crippen LogP contribution is 2.26. The Morgan fingerprint density at radius 1 is 1.36 bits per heavy atom. The quantitative estimate of drug-likeness (QED) is 0.814. The van der Waals surface area contributed by atoms with Gasteiger partial charge < -0.3 is 5.73 Å². The first-order valence-electron chi connectivity index (χ1n) is 4.25. The van der Waals surface area contributed by atoms with Crippen LogP contribution in [0.2, 0.25) is 10.0 Å². The molecular weight excluding hydrogens is 221 g/mol. The fourth-order valence-electron chi connectivity index (χ4n) is 1.21. The minimum Gasteiger partial charge on any atom is -0.330 e. The zero-order chi connectivity index (χ0) is 10.7. The van der Waals surface area contributed by atoms with Crippen molar-refractivity contribution in [3.8, 4) is 0 Å². The molecule has 0 aliphatic heterocycles. The second kappa shape index (κ2) is 4.78. The molecule has 4 heteroatoms. The molecule has 1 aromatic rings. The Hall–Kier alpha value is -0.570. The van der Waals surface area contributed by atoms with Crippen LogP contribution in [-0.2, 0) is 0 Å². The molecule has 1 aromatic carbocycles. The molecule has 0 fully saturated rings. The average molecular weight is 232 g/mol. The summed E-state index contributed by atoms with van der Waals surface area (Å²) in [6.45, 7) is 2.17. The summed E-state index contributed by atoms with van der Waals surface area (Å²) in [6.07, 6.45) is 0.332. The van der Waals surface area contributed by atoms with Crippen molar-refractivity contribution < 1.29 is 4.79 Å². The van der Waals surface area contributed by atoms with Crippen LogP contribution in [-0.4, -0.2) is 12.3 Å². The molecule has 0 saturated heterocycles. The predicted molar refractivity (Wildman–Crippen MR) is 59.2 cm³/mol. The number of Topliss-reactive ketones (excluding diaryl/α,β-unsaturated/α-hetero) is 1. The van der Waals surface area contributed by atoms with Gasteiger partial charge in [0.05, 0.1) is 10.0 Å². The Balaban J connectivity index is 3.09. The Morgan fingerprint density at radius 3 is 2.50 bits per heavy atom. The molecule has 0 bridgehead atoms. The Morgan fingerprint density at radius 2 is 1.93 bits per heavy atom. The van der Waals surface area contributed by atoms with E-state index >= 15 is 0 Å². The normalized spacial score (nSPS) is 10.3. The molecule has 0 aliphatic carbocycles. The number of aryl methyl sites for hydroxylation is 1. The second-order valence-electron chi connectivity index (χ2n) is 3.04. The number of benzene rings is 1. The summed E-state index contributed by atoms with van der Waals surface area (Å²) in [5.74, 6) is 0.00330. The lowest BCUT2D eigenvalue weighted by Crippen LogP contribution is -2.09. The van der Waals surface area contributed by atoms with E-state index in [1.54, 1.807) is 12.1 Å². The zero-order valence-electron chi connectivity index (χ0n) is 7.81. The van der Waals surface area contributed by atoms with Crippen LogP contribution in [0.3, 0.4) is 0 Å². The van der Waals surface area contributed by atoms with Crippen LogP contribution in [0.25, 0.3) is 0 Å². The van der Waals surface area contributed by atoms with Gasteiger partial charge in [0.1, 0.15) is 0 Å². The number of halogens is 2. The molecule has 0 aliphatic rings. The van der Waals surface area contributed by atoms with Gasteiger partial charge in [-0.1, -0.05) is 23.2 Å². The van der Waals surface area contributed by atoms with Gasteiger partial charge in [-0.15, -0.1) is 0 Å². The number of rotatable bonds is 3. The van der Waals surface area contributed by atoms with E-state index < -0.39 is 0 Å². The number of ketones is 1. The highest BCUT2D eigenvalue weighted by molar-refractivity contribution is 6.42. The number of carbonyl (C=O) groups excluding carboxylic acids is 1. The molecular formula is C10H11Cl2NO. The molecule has 0 atom stereocenters. The fraction of sp³-hybridized carbons (Fsp3) is 0.300. The maximum Gasteiger partial charge on any atom is 0.164 e. The van der Waals surface area contributed by atoms with Crippen molar-refractivity contribution >= 4 is 29.0 Å². The van der Waals surface area contributed by atoms with Gasteiger partial charge in [0.2, 0.25) is 0 Å². The van der Waals surface area contributed by atoms with Gasteiger partial charge in [0, 0.05) is 12.0 Å². The smallest absolute Gasteiger partial charge is 0.164 e. The van der Waals surface area contributed by atoms with Gasteiger partial charge >= 0.3 is 0 Å². The molecule has 0 saturated carbocycles. The lowest BCUT2D eigenvalue weighted by atomic mass is 10.0. The predicted octanol–water partition coefficient (Wildman–Crippen LogP) is 2.83. The van der Waals surface area contributed by atoms with Crippen molar-refractivity contribution in [2.24, 2.45) is 5.73 Å². The number of hydrogen-bond donors (Lipinski definition) is 1. The van der Waals surface area contributed by atoms with Crippen LogP contribution in [0, 0.1) is 6.92 Å². The fourth-order valence-corrected chi connectivity index (χ4v) is 1.59. The first-order chi connectivity index (χ1) is 6.56. The Labute approximate surface area is 93.0 Å². The summed E-state index contributed by atoms with van der Waals surface area (Å²) in [4.78, 5) is 11.5. The van der Waals surface area contributed by atoms with Gasteiger partial charge in [-0.2, -0.15) is 0 Å². The summed E-state index contributed by atoms with van der Waals surface area (Å²) in [5.41, 5.74) is 6.74. The van der Waals surface area contributed by atoms with E-state index in [2.05, 4.69) is 0 Å². The van der Waals surface area contributed by atoms with E-state index in [9.17, 15) is 4.79 Å². The highest BCUT2D eigenvalue weighted by atomic mass is 35.5. The largest absolute Gasteiger partial charge is 0.330 e. The van der Waals surface area contributed by atoms with Crippen molar-refractivity contribution in [3.63, 3.8) is 0 Å². The first kappa shape index (κ1) is 11.5. The molecule has 2 nitrogen and oxygen atoms in total. The lowest BCUT2D eigenvalue weighted by molar-refractivity contribution is 0.0985. The topological polar surface area (TPSA) is 43.1 Å². The molecule has 0 amide bonds. The first-order valence-corrected chi connectivity index (χ1v) is 5.00. The molecule has 0 radical (unpaired) electrons. The third kappa shape index (κ3) is 2.47. The monoisotopic (exact) mass is 231 g/mol.